The van der Waals surface area contributed by atoms with E-state index in [1.54, 1.807) is 24.5 Å². The third-order valence-corrected chi connectivity index (χ3v) is 3.98. The Morgan fingerprint density at radius 3 is 2.61 bits per heavy atom. The van der Waals surface area contributed by atoms with Crippen LogP contribution in [0.3, 0.4) is 0 Å². The first kappa shape index (κ1) is 19.2. The van der Waals surface area contributed by atoms with Crippen LogP contribution in [0.1, 0.15) is 24.1 Å². The Labute approximate surface area is 161 Å². The van der Waals surface area contributed by atoms with E-state index in [9.17, 15) is 13.6 Å². The van der Waals surface area contributed by atoms with Crippen molar-refractivity contribution in [3.8, 4) is 11.5 Å². The lowest BCUT2D eigenvalue weighted by atomic mass is 10.1. The Morgan fingerprint density at radius 2 is 1.86 bits per heavy atom. The van der Waals surface area contributed by atoms with Gasteiger partial charge in [-0.25, -0.2) is 8.78 Å². The van der Waals surface area contributed by atoms with Crippen LogP contribution >= 0.6 is 0 Å². The minimum atomic E-state index is -0.724. The number of hydrogen-bond donors (Lipinski definition) is 1. The number of halogens is 2. The minimum absolute atomic E-state index is 0.136. The van der Waals surface area contributed by atoms with Crippen molar-refractivity contribution in [3.63, 3.8) is 0 Å². The molecule has 1 unspecified atom stereocenters. The number of hydrogen-bond acceptors (Lipinski definition) is 3. The van der Waals surface area contributed by atoms with Crippen LogP contribution in [0.5, 0.6) is 11.5 Å². The average Bonchev–Trinajstić information content (AvgIpc) is 2.68. The molecule has 0 aliphatic heterocycles. The molecule has 0 aliphatic carbocycles. The molecule has 3 aromatic rings. The van der Waals surface area contributed by atoms with Crippen molar-refractivity contribution in [1.29, 1.82) is 0 Å². The molecule has 1 N–H and O–H groups in total. The van der Waals surface area contributed by atoms with Crippen molar-refractivity contribution in [1.82, 2.24) is 10.3 Å². The van der Waals surface area contributed by atoms with Gasteiger partial charge in [-0.2, -0.15) is 0 Å². The van der Waals surface area contributed by atoms with Crippen LogP contribution in [-0.2, 0) is 4.79 Å². The number of nitrogens with one attached hydrogen (secondary N) is 1. The average molecular weight is 380 g/mol. The Kier molecular flexibility index (Phi) is 6.11. The maximum Gasteiger partial charge on any atom is 0.244 e. The Balaban J connectivity index is 1.63. The first-order valence-corrected chi connectivity index (χ1v) is 8.63. The smallest absolute Gasteiger partial charge is 0.244 e. The molecule has 2 aromatic carbocycles. The highest BCUT2D eigenvalue weighted by atomic mass is 19.1. The SMILES string of the molecule is CC(NC(=O)/C=C/c1ccc(F)cc1F)c1cccc(Oc2ccncc2)c1. The monoisotopic (exact) mass is 380 g/mol. The van der Waals surface area contributed by atoms with Gasteiger partial charge in [0.05, 0.1) is 6.04 Å². The predicted octanol–water partition coefficient (Wildman–Crippen LogP) is 5.04. The summed E-state index contributed by atoms with van der Waals surface area (Å²) in [4.78, 5) is 16.1. The van der Waals surface area contributed by atoms with E-state index in [0.717, 1.165) is 17.7 Å². The van der Waals surface area contributed by atoms with Gasteiger partial charge in [-0.1, -0.05) is 12.1 Å². The largest absolute Gasteiger partial charge is 0.457 e. The zero-order valence-corrected chi connectivity index (χ0v) is 15.1. The van der Waals surface area contributed by atoms with Crippen molar-refractivity contribution < 1.29 is 18.3 Å². The standard InChI is InChI=1S/C22H18F2N2O2/c1-15(26-22(27)8-6-16-5-7-18(23)14-21(16)24)17-3-2-4-20(13-17)28-19-9-11-25-12-10-19/h2-15H,1H3,(H,26,27)/b8-6+. The van der Waals surface area contributed by atoms with Crippen molar-refractivity contribution in [3.05, 3.63) is 95.8 Å². The first-order valence-electron chi connectivity index (χ1n) is 8.63. The number of amides is 1. The maximum atomic E-state index is 13.6. The zero-order valence-electron chi connectivity index (χ0n) is 15.1. The molecule has 0 aliphatic rings. The summed E-state index contributed by atoms with van der Waals surface area (Å²) in [6.45, 7) is 1.83. The fraction of sp³-hybridized carbons (Fsp3) is 0.0909. The molecular weight excluding hydrogens is 362 g/mol. The molecule has 0 bridgehead atoms. The number of carbonyl (C=O) groups is 1. The first-order chi connectivity index (χ1) is 13.5. The molecule has 0 fully saturated rings. The molecule has 0 saturated heterocycles. The van der Waals surface area contributed by atoms with Crippen molar-refractivity contribution in [2.75, 3.05) is 0 Å². The summed E-state index contributed by atoms with van der Waals surface area (Å²) in [5.74, 6) is -0.488. The molecule has 1 heterocycles. The Bertz CT molecular complexity index is 991. The summed E-state index contributed by atoms with van der Waals surface area (Å²) in [6, 6.07) is 13.7. The van der Waals surface area contributed by atoms with E-state index in [-0.39, 0.29) is 11.6 Å². The Morgan fingerprint density at radius 1 is 1.07 bits per heavy atom. The third kappa shape index (κ3) is 5.23. The van der Waals surface area contributed by atoms with Crippen LogP contribution in [0.15, 0.2) is 73.1 Å². The lowest BCUT2D eigenvalue weighted by Crippen LogP contribution is -2.24. The second-order valence-electron chi connectivity index (χ2n) is 6.09. The summed E-state index contributed by atoms with van der Waals surface area (Å²) in [5, 5.41) is 2.80. The van der Waals surface area contributed by atoms with Crippen LogP contribution in [0.4, 0.5) is 8.78 Å². The number of benzene rings is 2. The van der Waals surface area contributed by atoms with Gasteiger partial charge in [0.15, 0.2) is 0 Å². The molecule has 0 saturated carbocycles. The molecular formula is C22H18F2N2O2. The van der Waals surface area contributed by atoms with Gasteiger partial charge >= 0.3 is 0 Å². The van der Waals surface area contributed by atoms with E-state index in [1.165, 1.54) is 18.2 Å². The van der Waals surface area contributed by atoms with Gasteiger partial charge in [-0.05, 0) is 55.0 Å². The van der Waals surface area contributed by atoms with E-state index in [0.29, 0.717) is 11.5 Å². The van der Waals surface area contributed by atoms with Crippen molar-refractivity contribution in [2.24, 2.45) is 0 Å². The molecule has 4 nitrogen and oxygen atoms in total. The van der Waals surface area contributed by atoms with Gasteiger partial charge in [0.1, 0.15) is 23.1 Å². The number of ether oxygens (including phenoxy) is 1. The van der Waals surface area contributed by atoms with Crippen LogP contribution in [0.2, 0.25) is 0 Å². The van der Waals surface area contributed by atoms with E-state index in [2.05, 4.69) is 10.3 Å². The number of carbonyl (C=O) groups excluding carboxylic acids is 1. The molecule has 0 spiro atoms. The van der Waals surface area contributed by atoms with Gasteiger partial charge in [-0.15, -0.1) is 0 Å². The number of aromatic nitrogens is 1. The fourth-order valence-electron chi connectivity index (χ4n) is 2.54. The topological polar surface area (TPSA) is 51.2 Å². The van der Waals surface area contributed by atoms with Crippen molar-refractivity contribution >= 4 is 12.0 Å². The zero-order chi connectivity index (χ0) is 19.9. The summed E-state index contributed by atoms with van der Waals surface area (Å²) in [7, 11) is 0. The molecule has 6 heteroatoms. The lowest BCUT2D eigenvalue weighted by Gasteiger charge is -2.14. The summed E-state index contributed by atoms with van der Waals surface area (Å²) < 4.78 is 32.3. The van der Waals surface area contributed by atoms with E-state index in [1.807, 2.05) is 31.2 Å². The molecule has 1 aromatic heterocycles. The second kappa shape index (κ2) is 8.90. The molecule has 0 radical (unpaired) electrons. The van der Waals surface area contributed by atoms with E-state index < -0.39 is 17.5 Å². The van der Waals surface area contributed by atoms with Crippen LogP contribution in [0, 0.1) is 11.6 Å². The van der Waals surface area contributed by atoms with Gasteiger partial charge in [-0.3, -0.25) is 9.78 Å². The fourth-order valence-corrected chi connectivity index (χ4v) is 2.54. The quantitative estimate of drug-likeness (QED) is 0.610. The molecule has 1 amide bonds. The van der Waals surface area contributed by atoms with Crippen LogP contribution < -0.4 is 10.1 Å². The highest BCUT2D eigenvalue weighted by Crippen LogP contribution is 2.24. The number of nitrogens with zero attached hydrogens (tertiary/aromatic N) is 1. The minimum Gasteiger partial charge on any atom is -0.457 e. The Hall–Kier alpha value is -3.54. The molecule has 1 atom stereocenters. The normalized spacial score (nSPS) is 12.0. The lowest BCUT2D eigenvalue weighted by molar-refractivity contribution is -0.117. The highest BCUT2D eigenvalue weighted by molar-refractivity contribution is 5.92. The van der Waals surface area contributed by atoms with Gasteiger partial charge in [0.2, 0.25) is 5.91 Å². The molecule has 142 valence electrons. The van der Waals surface area contributed by atoms with Gasteiger partial charge in [0, 0.05) is 30.1 Å². The summed E-state index contributed by atoms with van der Waals surface area (Å²) in [5.41, 5.74) is 0.984. The van der Waals surface area contributed by atoms with E-state index in [4.69, 9.17) is 4.74 Å². The van der Waals surface area contributed by atoms with Gasteiger partial charge < -0.3 is 10.1 Å². The second-order valence-corrected chi connectivity index (χ2v) is 6.09. The predicted molar refractivity (Wildman–Crippen MR) is 103 cm³/mol. The highest BCUT2D eigenvalue weighted by Gasteiger charge is 2.09. The number of pyridine rings is 1. The van der Waals surface area contributed by atoms with Crippen LogP contribution in [0.25, 0.3) is 6.08 Å². The number of rotatable bonds is 6. The third-order valence-electron chi connectivity index (χ3n) is 3.98. The molecule has 28 heavy (non-hydrogen) atoms. The summed E-state index contributed by atoms with van der Waals surface area (Å²) >= 11 is 0. The van der Waals surface area contributed by atoms with Crippen LogP contribution in [-0.4, -0.2) is 10.9 Å². The summed E-state index contributed by atoms with van der Waals surface area (Å²) in [6.07, 6.45) is 5.79. The van der Waals surface area contributed by atoms with Gasteiger partial charge in [0.25, 0.3) is 0 Å². The maximum absolute atomic E-state index is 13.6. The van der Waals surface area contributed by atoms with E-state index >= 15 is 0 Å². The molecule has 3 rings (SSSR count). The van der Waals surface area contributed by atoms with Crippen molar-refractivity contribution in [2.45, 2.75) is 13.0 Å².